The Morgan fingerprint density at radius 2 is 2.00 bits per heavy atom. The van der Waals surface area contributed by atoms with Crippen molar-refractivity contribution in [2.45, 2.75) is 18.9 Å². The van der Waals surface area contributed by atoms with E-state index in [1.807, 2.05) is 12.1 Å². The number of benzene rings is 2. The smallest absolute Gasteiger partial charge is 0.230 e. The van der Waals surface area contributed by atoms with Crippen LogP contribution in [0.25, 0.3) is 0 Å². The van der Waals surface area contributed by atoms with Gasteiger partial charge in [-0.05, 0) is 36.2 Å². The van der Waals surface area contributed by atoms with Crippen molar-refractivity contribution in [3.05, 3.63) is 76.7 Å². The molecule has 0 aliphatic heterocycles. The molecule has 0 aliphatic carbocycles. The molecule has 1 unspecified atom stereocenters. The minimum absolute atomic E-state index is 0.0449. The lowest BCUT2D eigenvalue weighted by atomic mass is 10.1. The van der Waals surface area contributed by atoms with E-state index in [-0.39, 0.29) is 24.4 Å². The number of anilines is 2. The first-order chi connectivity index (χ1) is 15.7. The van der Waals surface area contributed by atoms with Gasteiger partial charge in [-0.3, -0.25) is 4.79 Å². The maximum absolute atomic E-state index is 12.1. The number of hydrogen-bond acceptors (Lipinski definition) is 6. The van der Waals surface area contributed by atoms with Crippen LogP contribution in [0.15, 0.2) is 59.9 Å². The molecule has 1 atom stereocenters. The molecule has 1 amide bonds. The van der Waals surface area contributed by atoms with Crippen molar-refractivity contribution in [1.29, 1.82) is 0 Å². The number of carbonyl (C=O) groups excluding carboxylic acids is 1. The molecule has 3 aromatic rings. The van der Waals surface area contributed by atoms with Crippen molar-refractivity contribution in [1.82, 2.24) is 10.3 Å². The molecular formula is C21H24N4O2S. The summed E-state index contributed by atoms with van der Waals surface area (Å²) >= 11 is 1.29. The normalized spacial score (nSPS) is 14.4. The van der Waals surface area contributed by atoms with Gasteiger partial charge in [0.1, 0.15) is 0 Å². The predicted octanol–water partition coefficient (Wildman–Crippen LogP) is 2.77. The molecule has 1 aromatic heterocycles. The van der Waals surface area contributed by atoms with E-state index in [0.717, 1.165) is 5.56 Å². The van der Waals surface area contributed by atoms with Crippen LogP contribution >= 0.6 is 11.3 Å². The first-order valence-electron chi connectivity index (χ1n) is 11.2. The summed E-state index contributed by atoms with van der Waals surface area (Å²) in [5.74, 6) is -0.184. The van der Waals surface area contributed by atoms with Crippen molar-refractivity contribution >= 4 is 28.1 Å². The third-order valence-corrected chi connectivity index (χ3v) is 4.65. The van der Waals surface area contributed by atoms with Gasteiger partial charge in [0.05, 0.1) is 25.1 Å². The van der Waals surface area contributed by atoms with Gasteiger partial charge in [-0.2, -0.15) is 0 Å². The molecule has 0 saturated heterocycles. The number of nitrogens with one attached hydrogen (secondary N) is 2. The number of aliphatic hydroxyl groups excluding tert-OH is 1. The summed E-state index contributed by atoms with van der Waals surface area (Å²) in [6.07, 6.45) is -0.445. The van der Waals surface area contributed by atoms with Crippen LogP contribution in [0.3, 0.4) is 0 Å². The highest BCUT2D eigenvalue weighted by Gasteiger charge is 2.08. The van der Waals surface area contributed by atoms with Gasteiger partial charge in [0, 0.05) is 17.6 Å². The third kappa shape index (κ3) is 6.16. The summed E-state index contributed by atoms with van der Waals surface area (Å²) in [7, 11) is 0. The summed E-state index contributed by atoms with van der Waals surface area (Å²) in [5, 5.41) is 18.4. The topological polar surface area (TPSA) is 100 Å². The number of nitrogens with zero attached hydrogens (tertiary/aromatic N) is 1. The molecule has 28 heavy (non-hydrogen) atoms. The average molecular weight is 402 g/mol. The predicted molar refractivity (Wildman–Crippen MR) is 113 cm³/mol. The van der Waals surface area contributed by atoms with E-state index in [9.17, 15) is 9.90 Å². The molecule has 0 fully saturated rings. The van der Waals surface area contributed by atoms with Gasteiger partial charge in [0.2, 0.25) is 5.91 Å². The molecule has 3 rings (SSSR count). The number of nitrogen functional groups attached to an aromatic ring is 1. The fourth-order valence-electron chi connectivity index (χ4n) is 2.53. The number of carbonyl (C=O) groups is 1. The molecule has 1 heterocycles. The minimum Gasteiger partial charge on any atom is -0.387 e. The minimum atomic E-state index is -1.23. The first kappa shape index (κ1) is 14.3. The highest BCUT2D eigenvalue weighted by Crippen LogP contribution is 2.14. The van der Waals surface area contributed by atoms with E-state index in [1.165, 1.54) is 11.3 Å². The number of thiazole rings is 1. The van der Waals surface area contributed by atoms with Crippen molar-refractivity contribution in [2.24, 2.45) is 0 Å². The first-order valence-corrected chi connectivity index (χ1v) is 9.59. The number of aromatic nitrogens is 1. The Morgan fingerprint density at radius 1 is 1.25 bits per heavy atom. The largest absolute Gasteiger partial charge is 0.387 e. The molecule has 0 spiro atoms. The summed E-state index contributed by atoms with van der Waals surface area (Å²) in [5.41, 5.74) is 7.75. The molecule has 0 radical (unpaired) electrons. The highest BCUT2D eigenvalue weighted by atomic mass is 32.1. The van der Waals surface area contributed by atoms with Gasteiger partial charge in [-0.1, -0.05) is 42.3 Å². The summed E-state index contributed by atoms with van der Waals surface area (Å²) < 4.78 is 38.8. The Morgan fingerprint density at radius 3 is 2.68 bits per heavy atom. The fraction of sp³-hybridized carbons (Fsp3) is 0.238. The number of hydrogen-bond donors (Lipinski definition) is 4. The molecule has 7 heteroatoms. The van der Waals surface area contributed by atoms with Crippen LogP contribution in [0.2, 0.25) is 0 Å². The van der Waals surface area contributed by atoms with E-state index in [0.29, 0.717) is 29.5 Å². The van der Waals surface area contributed by atoms with Gasteiger partial charge < -0.3 is 21.5 Å². The summed E-state index contributed by atoms with van der Waals surface area (Å²) in [6.45, 7) is 0.552. The zero-order valence-corrected chi connectivity index (χ0v) is 15.9. The highest BCUT2D eigenvalue weighted by molar-refractivity contribution is 7.13. The van der Waals surface area contributed by atoms with Crippen molar-refractivity contribution in [2.75, 3.05) is 24.1 Å². The molecule has 5 N–H and O–H groups in total. The Bertz CT molecular complexity index is 1110. The monoisotopic (exact) mass is 401 g/mol. The van der Waals surface area contributed by atoms with Crippen LogP contribution < -0.4 is 16.4 Å². The number of rotatable bonds is 9. The van der Waals surface area contributed by atoms with Crippen molar-refractivity contribution in [3.63, 3.8) is 0 Å². The molecule has 0 aliphatic rings. The van der Waals surface area contributed by atoms with E-state index < -0.39 is 36.3 Å². The van der Waals surface area contributed by atoms with Crippen LogP contribution in [-0.2, 0) is 17.6 Å². The third-order valence-electron chi connectivity index (χ3n) is 3.93. The van der Waals surface area contributed by atoms with Gasteiger partial charge in [0.15, 0.2) is 5.13 Å². The lowest BCUT2D eigenvalue weighted by Gasteiger charge is -2.12. The van der Waals surface area contributed by atoms with E-state index in [2.05, 4.69) is 15.6 Å². The molecule has 0 bridgehead atoms. The van der Waals surface area contributed by atoms with Gasteiger partial charge >= 0.3 is 0 Å². The van der Waals surface area contributed by atoms with Crippen LogP contribution in [0.4, 0.5) is 10.8 Å². The zero-order chi connectivity index (χ0) is 24.1. The lowest BCUT2D eigenvalue weighted by Crippen LogP contribution is -2.23. The van der Waals surface area contributed by atoms with Crippen LogP contribution in [0.1, 0.15) is 29.8 Å². The maximum atomic E-state index is 12.1. The second-order valence-corrected chi connectivity index (χ2v) is 7.00. The molecule has 0 saturated carbocycles. The van der Waals surface area contributed by atoms with E-state index in [4.69, 9.17) is 12.6 Å². The molecular weight excluding hydrogens is 372 g/mol. The Hall–Kier alpha value is -2.74. The molecule has 146 valence electrons. The van der Waals surface area contributed by atoms with Crippen LogP contribution in [-0.4, -0.2) is 29.1 Å². The number of aliphatic hydroxyl groups is 1. The second-order valence-electron chi connectivity index (χ2n) is 6.11. The standard InChI is InChI=1S/C21H24N4O2S/c22-21-25-18(14-28-21)12-20(27)24-17-8-6-15(7-9-17)10-11-23-13-19(26)16-4-2-1-3-5-16/h1-9,14,19,23,26H,10-13H2,(H2,22,25)(H,24,27)/i1D,2D,3D,4D,5D. The average Bonchev–Trinajstić information content (AvgIpc) is 3.19. The van der Waals surface area contributed by atoms with Crippen LogP contribution in [0.5, 0.6) is 0 Å². The second kappa shape index (κ2) is 9.98. The van der Waals surface area contributed by atoms with Gasteiger partial charge in [-0.25, -0.2) is 4.98 Å². The Balaban J connectivity index is 1.47. The van der Waals surface area contributed by atoms with E-state index in [1.54, 1.807) is 17.5 Å². The number of amides is 1. The fourth-order valence-corrected chi connectivity index (χ4v) is 3.09. The summed E-state index contributed by atoms with van der Waals surface area (Å²) in [4.78, 5) is 16.2. The number of nitrogens with two attached hydrogens (primary N) is 1. The molecule has 6 nitrogen and oxygen atoms in total. The van der Waals surface area contributed by atoms with E-state index >= 15 is 0 Å². The maximum Gasteiger partial charge on any atom is 0.230 e. The van der Waals surface area contributed by atoms with Crippen molar-refractivity contribution < 1.29 is 16.8 Å². The quantitative estimate of drug-likeness (QED) is 0.413. The Labute approximate surface area is 175 Å². The van der Waals surface area contributed by atoms with Gasteiger partial charge in [0.25, 0.3) is 0 Å². The summed E-state index contributed by atoms with van der Waals surface area (Å²) in [6, 6.07) is 5.14. The van der Waals surface area contributed by atoms with Crippen molar-refractivity contribution in [3.8, 4) is 0 Å². The van der Waals surface area contributed by atoms with Gasteiger partial charge in [-0.15, -0.1) is 11.3 Å². The van der Waals surface area contributed by atoms with Crippen LogP contribution in [0, 0.1) is 0 Å². The lowest BCUT2D eigenvalue weighted by molar-refractivity contribution is -0.115. The Kier molecular flexibility index (Phi) is 5.09. The zero-order valence-electron chi connectivity index (χ0n) is 20.1. The SMILES string of the molecule is [2H]c1c([2H])c([2H])c(C(O)CNCCc2ccc(NC(=O)Cc3csc(N)n3)cc2)c([2H])c1[2H]. The molecule has 2 aromatic carbocycles.